The Kier molecular flexibility index (Phi) is 5.67. The summed E-state index contributed by atoms with van der Waals surface area (Å²) in [7, 11) is 0. The van der Waals surface area contributed by atoms with Crippen molar-refractivity contribution in [1.82, 2.24) is 5.32 Å². The van der Waals surface area contributed by atoms with Gasteiger partial charge in [0, 0.05) is 19.1 Å². The molecule has 1 aromatic rings. The Balaban J connectivity index is 3.03. The summed E-state index contributed by atoms with van der Waals surface area (Å²) in [6, 6.07) is 8.87. The molecule has 0 aliphatic heterocycles. The van der Waals surface area contributed by atoms with E-state index in [1.807, 2.05) is 6.07 Å². The van der Waals surface area contributed by atoms with E-state index in [0.717, 1.165) is 36.4 Å². The molecule has 0 radical (unpaired) electrons. The van der Waals surface area contributed by atoms with Gasteiger partial charge >= 0.3 is 0 Å². The molecular formula is C15H23N3. The fraction of sp³-hybridized carbons (Fsp3) is 0.533. The number of nitriles is 1. The summed E-state index contributed by atoms with van der Waals surface area (Å²) in [5.74, 6) is 0. The molecule has 1 aromatic carbocycles. The highest BCUT2D eigenvalue weighted by Gasteiger charge is 2.13. The second kappa shape index (κ2) is 7.03. The molecule has 0 heterocycles. The summed E-state index contributed by atoms with van der Waals surface area (Å²) < 4.78 is 0. The average molecular weight is 245 g/mol. The molecule has 1 rings (SSSR count). The van der Waals surface area contributed by atoms with Crippen LogP contribution in [0.25, 0.3) is 0 Å². The van der Waals surface area contributed by atoms with E-state index in [-0.39, 0.29) is 0 Å². The molecule has 18 heavy (non-hydrogen) atoms. The lowest BCUT2D eigenvalue weighted by Crippen LogP contribution is -2.31. The number of nitrogens with zero attached hydrogens (tertiary/aromatic N) is 2. The van der Waals surface area contributed by atoms with Gasteiger partial charge in [-0.25, -0.2) is 0 Å². The van der Waals surface area contributed by atoms with Gasteiger partial charge in [-0.3, -0.25) is 0 Å². The van der Waals surface area contributed by atoms with Crippen molar-refractivity contribution >= 4 is 5.69 Å². The highest BCUT2D eigenvalue weighted by molar-refractivity contribution is 5.60. The highest BCUT2D eigenvalue weighted by Crippen LogP contribution is 2.23. The molecule has 0 bridgehead atoms. The first kappa shape index (κ1) is 14.5. The van der Waals surface area contributed by atoms with Crippen LogP contribution in [0.2, 0.25) is 0 Å². The second-order valence-electron chi connectivity index (χ2n) is 4.62. The van der Waals surface area contributed by atoms with Gasteiger partial charge in [-0.15, -0.1) is 0 Å². The van der Waals surface area contributed by atoms with Crippen molar-refractivity contribution in [2.75, 3.05) is 18.0 Å². The normalized spacial score (nSPS) is 10.4. The zero-order chi connectivity index (χ0) is 13.5. The fourth-order valence-corrected chi connectivity index (χ4v) is 2.12. The Morgan fingerprint density at radius 3 is 2.56 bits per heavy atom. The van der Waals surface area contributed by atoms with Gasteiger partial charge in [0.1, 0.15) is 6.07 Å². The van der Waals surface area contributed by atoms with Crippen LogP contribution in [0.3, 0.4) is 0 Å². The van der Waals surface area contributed by atoms with Gasteiger partial charge in [0.25, 0.3) is 0 Å². The van der Waals surface area contributed by atoms with E-state index >= 15 is 0 Å². The van der Waals surface area contributed by atoms with Crippen LogP contribution in [0.1, 0.15) is 38.8 Å². The van der Waals surface area contributed by atoms with Crippen molar-refractivity contribution in [1.29, 1.82) is 5.26 Å². The molecule has 0 amide bonds. The van der Waals surface area contributed by atoms with Crippen molar-refractivity contribution in [3.8, 4) is 6.07 Å². The summed E-state index contributed by atoms with van der Waals surface area (Å²) >= 11 is 0. The zero-order valence-corrected chi connectivity index (χ0v) is 11.8. The van der Waals surface area contributed by atoms with Crippen LogP contribution in [-0.4, -0.2) is 19.1 Å². The third kappa shape index (κ3) is 3.48. The second-order valence-corrected chi connectivity index (χ2v) is 4.62. The topological polar surface area (TPSA) is 39.1 Å². The molecule has 0 unspecified atom stereocenters. The molecule has 1 N–H and O–H groups in total. The van der Waals surface area contributed by atoms with Crippen LogP contribution in [-0.2, 0) is 6.54 Å². The Labute approximate surface area is 110 Å². The average Bonchev–Trinajstić information content (AvgIpc) is 2.37. The van der Waals surface area contributed by atoms with E-state index in [1.54, 1.807) is 0 Å². The van der Waals surface area contributed by atoms with E-state index in [9.17, 15) is 5.26 Å². The zero-order valence-electron chi connectivity index (χ0n) is 11.8. The molecule has 0 spiro atoms. The fourth-order valence-electron chi connectivity index (χ4n) is 2.12. The molecule has 0 aliphatic carbocycles. The maximum atomic E-state index is 9.30. The monoisotopic (exact) mass is 245 g/mol. The highest BCUT2D eigenvalue weighted by atomic mass is 15.1. The molecule has 0 saturated carbocycles. The summed E-state index contributed by atoms with van der Waals surface area (Å²) in [5.41, 5.74) is 2.97. The molecule has 3 heteroatoms. The number of nitrogens with one attached hydrogen (secondary N) is 1. The van der Waals surface area contributed by atoms with Gasteiger partial charge in [-0.2, -0.15) is 5.26 Å². The lowest BCUT2D eigenvalue weighted by molar-refractivity contribution is 0.701. The third-order valence-corrected chi connectivity index (χ3v) is 3.03. The molecule has 0 aromatic heterocycles. The predicted molar refractivity (Wildman–Crippen MR) is 76.7 cm³/mol. The maximum absolute atomic E-state index is 9.30. The van der Waals surface area contributed by atoms with Crippen LogP contribution < -0.4 is 10.2 Å². The van der Waals surface area contributed by atoms with Crippen molar-refractivity contribution in [3.05, 3.63) is 29.3 Å². The van der Waals surface area contributed by atoms with Gasteiger partial charge < -0.3 is 10.2 Å². The van der Waals surface area contributed by atoms with E-state index in [1.165, 1.54) is 0 Å². The number of benzene rings is 1. The Morgan fingerprint density at radius 2 is 2.06 bits per heavy atom. The van der Waals surface area contributed by atoms with Gasteiger partial charge in [0.2, 0.25) is 0 Å². The largest absolute Gasteiger partial charge is 0.368 e. The summed E-state index contributed by atoms with van der Waals surface area (Å²) in [4.78, 5) is 2.25. The van der Waals surface area contributed by atoms with E-state index < -0.39 is 0 Å². The van der Waals surface area contributed by atoms with Gasteiger partial charge in [0.15, 0.2) is 0 Å². The number of anilines is 1. The Bertz CT molecular complexity index is 418. The first-order valence-electron chi connectivity index (χ1n) is 6.64. The minimum absolute atomic E-state index is 0.404. The Hall–Kier alpha value is -1.53. The van der Waals surface area contributed by atoms with Crippen LogP contribution in [0.15, 0.2) is 18.2 Å². The third-order valence-electron chi connectivity index (χ3n) is 3.03. The van der Waals surface area contributed by atoms with Crippen molar-refractivity contribution in [2.24, 2.45) is 0 Å². The van der Waals surface area contributed by atoms with Crippen LogP contribution in [0.5, 0.6) is 0 Å². The molecule has 0 saturated heterocycles. The standard InChI is InChI=1S/C15H23N3/c1-5-17-11-13-7-8-15(14(9-13)10-16)18(6-2)12(3)4/h7-9,12,17H,5-6,11H2,1-4H3. The first-order valence-corrected chi connectivity index (χ1v) is 6.64. The SMILES string of the molecule is CCNCc1ccc(N(CC)C(C)C)c(C#N)c1. The predicted octanol–water partition coefficient (Wildman–Crippen LogP) is 2.90. The number of hydrogen-bond acceptors (Lipinski definition) is 3. The minimum Gasteiger partial charge on any atom is -0.368 e. The molecule has 3 nitrogen and oxygen atoms in total. The molecule has 98 valence electrons. The van der Waals surface area contributed by atoms with Crippen LogP contribution in [0, 0.1) is 11.3 Å². The molecular weight excluding hydrogens is 222 g/mol. The van der Waals surface area contributed by atoms with Crippen LogP contribution >= 0.6 is 0 Å². The lowest BCUT2D eigenvalue weighted by Gasteiger charge is -2.28. The van der Waals surface area contributed by atoms with Crippen molar-refractivity contribution < 1.29 is 0 Å². The lowest BCUT2D eigenvalue weighted by atomic mass is 10.1. The van der Waals surface area contributed by atoms with Crippen molar-refractivity contribution in [2.45, 2.75) is 40.3 Å². The number of hydrogen-bond donors (Lipinski definition) is 1. The van der Waals surface area contributed by atoms with Gasteiger partial charge in [-0.05, 0) is 45.0 Å². The van der Waals surface area contributed by atoms with E-state index in [2.05, 4.69) is 56.1 Å². The number of rotatable bonds is 6. The van der Waals surface area contributed by atoms with Crippen molar-refractivity contribution in [3.63, 3.8) is 0 Å². The smallest absolute Gasteiger partial charge is 0.101 e. The molecule has 0 fully saturated rings. The van der Waals surface area contributed by atoms with Crippen LogP contribution in [0.4, 0.5) is 5.69 Å². The van der Waals surface area contributed by atoms with E-state index in [0.29, 0.717) is 6.04 Å². The summed E-state index contributed by atoms with van der Waals surface area (Å²) in [6.45, 7) is 11.2. The molecule has 0 aliphatic rings. The molecule has 0 atom stereocenters. The van der Waals surface area contributed by atoms with E-state index in [4.69, 9.17) is 0 Å². The summed E-state index contributed by atoms with van der Waals surface area (Å²) in [6.07, 6.45) is 0. The van der Waals surface area contributed by atoms with Gasteiger partial charge in [-0.1, -0.05) is 13.0 Å². The minimum atomic E-state index is 0.404. The Morgan fingerprint density at radius 1 is 1.33 bits per heavy atom. The first-order chi connectivity index (χ1) is 8.63. The quantitative estimate of drug-likeness (QED) is 0.837. The maximum Gasteiger partial charge on any atom is 0.101 e. The van der Waals surface area contributed by atoms with Gasteiger partial charge in [0.05, 0.1) is 11.3 Å². The summed E-state index contributed by atoms with van der Waals surface area (Å²) in [5, 5.41) is 12.6.